The molecule has 1 aliphatic heterocycles. The maximum Gasteiger partial charge on any atom is 0.251 e. The standard InChI is InChI=1S/C23H21ClN2OS/c24-20-8-4-7-18(13-20)15-25-23(27)19-9-10-22-21(14-19)26(11-12-28-22)16-17-5-2-1-3-6-17/h1-10,13-14H,11-12,15-16H2,(H,25,27). The summed E-state index contributed by atoms with van der Waals surface area (Å²) < 4.78 is 0. The van der Waals surface area contributed by atoms with Crippen molar-refractivity contribution in [3.8, 4) is 0 Å². The summed E-state index contributed by atoms with van der Waals surface area (Å²) in [6.45, 7) is 2.28. The van der Waals surface area contributed by atoms with E-state index in [0.29, 0.717) is 17.1 Å². The minimum Gasteiger partial charge on any atom is -0.365 e. The largest absolute Gasteiger partial charge is 0.365 e. The Labute approximate surface area is 174 Å². The van der Waals surface area contributed by atoms with Crippen molar-refractivity contribution in [3.63, 3.8) is 0 Å². The molecule has 3 nitrogen and oxygen atoms in total. The van der Waals surface area contributed by atoms with Crippen LogP contribution in [0.15, 0.2) is 77.7 Å². The molecule has 1 aliphatic rings. The third-order valence-corrected chi connectivity index (χ3v) is 6.02. The van der Waals surface area contributed by atoms with Crippen LogP contribution in [0.4, 0.5) is 5.69 Å². The number of nitrogens with one attached hydrogen (secondary N) is 1. The highest BCUT2D eigenvalue weighted by Gasteiger charge is 2.19. The number of thioether (sulfide) groups is 1. The Morgan fingerprint density at radius 2 is 1.82 bits per heavy atom. The van der Waals surface area contributed by atoms with Gasteiger partial charge in [-0.05, 0) is 41.5 Å². The van der Waals surface area contributed by atoms with Crippen molar-refractivity contribution in [2.24, 2.45) is 0 Å². The molecule has 1 heterocycles. The number of benzene rings is 3. The highest BCUT2D eigenvalue weighted by molar-refractivity contribution is 7.99. The van der Waals surface area contributed by atoms with Crippen molar-refractivity contribution in [2.45, 2.75) is 18.0 Å². The van der Waals surface area contributed by atoms with Gasteiger partial charge in [0.25, 0.3) is 5.91 Å². The maximum atomic E-state index is 12.7. The summed E-state index contributed by atoms with van der Waals surface area (Å²) in [7, 11) is 0. The monoisotopic (exact) mass is 408 g/mol. The second-order valence-corrected chi connectivity index (χ2v) is 8.32. The van der Waals surface area contributed by atoms with E-state index < -0.39 is 0 Å². The van der Waals surface area contributed by atoms with E-state index in [1.807, 2.05) is 54.2 Å². The van der Waals surface area contributed by atoms with E-state index in [9.17, 15) is 4.79 Å². The van der Waals surface area contributed by atoms with Gasteiger partial charge in [-0.2, -0.15) is 0 Å². The maximum absolute atomic E-state index is 12.7. The van der Waals surface area contributed by atoms with Crippen molar-refractivity contribution >= 4 is 35.0 Å². The number of halogens is 1. The Kier molecular flexibility index (Phi) is 5.89. The lowest BCUT2D eigenvalue weighted by atomic mass is 10.1. The summed E-state index contributed by atoms with van der Waals surface area (Å²) in [5.41, 5.74) is 4.08. The molecule has 3 aromatic carbocycles. The zero-order valence-corrected chi connectivity index (χ0v) is 17.0. The SMILES string of the molecule is O=C(NCc1cccc(Cl)c1)c1ccc2c(c1)N(Cc1ccccc1)CCS2. The molecule has 0 aliphatic carbocycles. The van der Waals surface area contributed by atoms with Gasteiger partial charge in [0, 0.05) is 40.9 Å². The van der Waals surface area contributed by atoms with Crippen LogP contribution in [0, 0.1) is 0 Å². The number of anilines is 1. The molecule has 0 bridgehead atoms. The molecule has 0 saturated carbocycles. The van der Waals surface area contributed by atoms with Crippen LogP contribution < -0.4 is 10.2 Å². The van der Waals surface area contributed by atoms with Gasteiger partial charge in [0.05, 0.1) is 5.69 Å². The van der Waals surface area contributed by atoms with Crippen molar-refractivity contribution in [1.29, 1.82) is 0 Å². The fraction of sp³-hybridized carbons (Fsp3) is 0.174. The molecule has 142 valence electrons. The highest BCUT2D eigenvalue weighted by Crippen LogP contribution is 2.36. The van der Waals surface area contributed by atoms with E-state index in [2.05, 4.69) is 40.5 Å². The molecule has 1 N–H and O–H groups in total. The van der Waals surface area contributed by atoms with Crippen LogP contribution in [0.5, 0.6) is 0 Å². The van der Waals surface area contributed by atoms with E-state index in [4.69, 9.17) is 11.6 Å². The molecule has 0 unspecified atom stereocenters. The van der Waals surface area contributed by atoms with Gasteiger partial charge in [0.15, 0.2) is 0 Å². The summed E-state index contributed by atoms with van der Waals surface area (Å²) >= 11 is 7.87. The molecular formula is C23H21ClN2OS. The number of hydrogen-bond acceptors (Lipinski definition) is 3. The van der Waals surface area contributed by atoms with Gasteiger partial charge >= 0.3 is 0 Å². The van der Waals surface area contributed by atoms with Crippen LogP contribution in [-0.2, 0) is 13.1 Å². The van der Waals surface area contributed by atoms with Gasteiger partial charge in [-0.1, -0.05) is 54.1 Å². The number of rotatable bonds is 5. The van der Waals surface area contributed by atoms with Gasteiger partial charge in [-0.25, -0.2) is 0 Å². The minimum atomic E-state index is -0.0713. The average molecular weight is 409 g/mol. The number of nitrogens with zero attached hydrogens (tertiary/aromatic N) is 1. The first kappa shape index (κ1) is 18.9. The number of carbonyl (C=O) groups is 1. The summed E-state index contributed by atoms with van der Waals surface area (Å²) in [6, 6.07) is 24.0. The molecular weight excluding hydrogens is 388 g/mol. The van der Waals surface area contributed by atoms with Gasteiger partial charge in [-0.15, -0.1) is 11.8 Å². The van der Waals surface area contributed by atoms with Crippen LogP contribution in [0.3, 0.4) is 0 Å². The van der Waals surface area contributed by atoms with Crippen molar-refractivity contribution in [3.05, 3.63) is 94.5 Å². The zero-order chi connectivity index (χ0) is 19.3. The fourth-order valence-corrected chi connectivity index (χ4v) is 4.56. The predicted molar refractivity (Wildman–Crippen MR) is 117 cm³/mol. The van der Waals surface area contributed by atoms with E-state index >= 15 is 0 Å². The smallest absolute Gasteiger partial charge is 0.251 e. The average Bonchev–Trinajstić information content (AvgIpc) is 2.73. The summed E-state index contributed by atoms with van der Waals surface area (Å²) in [4.78, 5) is 16.3. The van der Waals surface area contributed by atoms with E-state index in [1.54, 1.807) is 0 Å². The highest BCUT2D eigenvalue weighted by atomic mass is 35.5. The van der Waals surface area contributed by atoms with Gasteiger partial charge in [0.1, 0.15) is 0 Å². The van der Waals surface area contributed by atoms with Gasteiger partial charge < -0.3 is 10.2 Å². The van der Waals surface area contributed by atoms with E-state index in [-0.39, 0.29) is 5.91 Å². The summed E-state index contributed by atoms with van der Waals surface area (Å²) in [6.07, 6.45) is 0. The lowest BCUT2D eigenvalue weighted by Gasteiger charge is -2.31. The van der Waals surface area contributed by atoms with Gasteiger partial charge in [-0.3, -0.25) is 4.79 Å². The first-order valence-corrected chi connectivity index (χ1v) is 10.6. The molecule has 0 radical (unpaired) electrons. The molecule has 1 amide bonds. The first-order valence-electron chi connectivity index (χ1n) is 9.27. The number of carbonyl (C=O) groups excluding carboxylic acids is 1. The Bertz CT molecular complexity index is 977. The molecule has 0 fully saturated rings. The van der Waals surface area contributed by atoms with Crippen LogP contribution in [0.1, 0.15) is 21.5 Å². The fourth-order valence-electron chi connectivity index (χ4n) is 3.31. The molecule has 28 heavy (non-hydrogen) atoms. The summed E-state index contributed by atoms with van der Waals surface area (Å²) in [5.74, 6) is 0.984. The van der Waals surface area contributed by atoms with Crippen molar-refractivity contribution in [2.75, 3.05) is 17.2 Å². The Morgan fingerprint density at radius 3 is 2.64 bits per heavy atom. The van der Waals surface area contributed by atoms with E-state index in [0.717, 1.165) is 30.1 Å². The molecule has 0 spiro atoms. The lowest BCUT2D eigenvalue weighted by Crippen LogP contribution is -2.29. The zero-order valence-electron chi connectivity index (χ0n) is 15.4. The van der Waals surface area contributed by atoms with Crippen LogP contribution in [-0.4, -0.2) is 18.2 Å². The Hall–Kier alpha value is -2.43. The molecule has 0 atom stereocenters. The molecule has 5 heteroatoms. The first-order chi connectivity index (χ1) is 13.7. The van der Waals surface area contributed by atoms with Crippen molar-refractivity contribution < 1.29 is 4.79 Å². The minimum absolute atomic E-state index is 0.0713. The van der Waals surface area contributed by atoms with Crippen LogP contribution in [0.25, 0.3) is 0 Å². The molecule has 3 aromatic rings. The number of hydrogen-bond donors (Lipinski definition) is 1. The van der Waals surface area contributed by atoms with Crippen molar-refractivity contribution in [1.82, 2.24) is 5.32 Å². The quantitative estimate of drug-likeness (QED) is 0.614. The number of fused-ring (bicyclic) bond motifs is 1. The second-order valence-electron chi connectivity index (χ2n) is 6.75. The third kappa shape index (κ3) is 4.51. The second kappa shape index (κ2) is 8.72. The molecule has 0 saturated heterocycles. The topological polar surface area (TPSA) is 32.3 Å². The van der Waals surface area contributed by atoms with Crippen LogP contribution >= 0.6 is 23.4 Å². The van der Waals surface area contributed by atoms with Gasteiger partial charge in [0.2, 0.25) is 0 Å². The predicted octanol–water partition coefficient (Wildman–Crippen LogP) is 5.38. The summed E-state index contributed by atoms with van der Waals surface area (Å²) in [5, 5.41) is 3.67. The molecule has 0 aromatic heterocycles. The normalized spacial score (nSPS) is 13.1. The van der Waals surface area contributed by atoms with Crippen LogP contribution in [0.2, 0.25) is 5.02 Å². The van der Waals surface area contributed by atoms with E-state index in [1.165, 1.54) is 10.5 Å². The number of amides is 1. The third-order valence-electron chi connectivity index (χ3n) is 4.74. The Balaban J connectivity index is 1.50. The lowest BCUT2D eigenvalue weighted by molar-refractivity contribution is 0.0951. The molecule has 4 rings (SSSR count). The Morgan fingerprint density at radius 1 is 1.00 bits per heavy atom.